The molecule has 0 N–H and O–H groups in total. The van der Waals surface area contributed by atoms with Crippen LogP contribution < -0.4 is 0 Å². The predicted octanol–water partition coefficient (Wildman–Crippen LogP) is 2.94. The Kier molecular flexibility index (Phi) is 26.1. The van der Waals surface area contributed by atoms with Gasteiger partial charge < -0.3 is 7.43 Å². The van der Waals surface area contributed by atoms with Crippen LogP contribution in [0.1, 0.15) is 0 Å². The molecule has 0 aliphatic rings. The van der Waals surface area contributed by atoms with Gasteiger partial charge >= 0.3 is 42.6 Å². The molecule has 0 radical (unpaired) electrons. The number of halogens is 4. The van der Waals surface area contributed by atoms with E-state index in [0.717, 1.165) is 0 Å². The van der Waals surface area contributed by atoms with Gasteiger partial charge in [-0.1, -0.05) is 0 Å². The fourth-order valence-corrected chi connectivity index (χ4v) is 0. The van der Waals surface area contributed by atoms with Crippen LogP contribution in [0.3, 0.4) is 0 Å². The topological polar surface area (TPSA) is 0 Å². The molecule has 5 heteroatoms. The fraction of sp³-hybridized carbons (Fsp3) is 0. The molecular weight excluding hydrogens is 202 g/mol. The van der Waals surface area contributed by atoms with Crippen molar-refractivity contribution in [1.29, 1.82) is 0 Å². The molecule has 0 saturated carbocycles. The van der Waals surface area contributed by atoms with Crippen LogP contribution in [0.5, 0.6) is 0 Å². The molecule has 0 aliphatic carbocycles. The Morgan fingerprint density at radius 3 is 1.00 bits per heavy atom. The summed E-state index contributed by atoms with van der Waals surface area (Å²) in [5.74, 6) is 0. The number of rotatable bonds is 0. The van der Waals surface area contributed by atoms with Crippen molar-refractivity contribution in [3.8, 4) is 0 Å². The van der Waals surface area contributed by atoms with Crippen molar-refractivity contribution >= 4 is 40.3 Å². The van der Waals surface area contributed by atoms with Gasteiger partial charge in [0.05, 0.1) is 0 Å². The second-order valence-electron chi connectivity index (χ2n) is 0.214. The molecular formula is CH4Cl4Ti. The monoisotopic (exact) mass is 204 g/mol. The Morgan fingerprint density at radius 2 is 1.00 bits per heavy atom. The van der Waals surface area contributed by atoms with Crippen LogP contribution in [0.4, 0.5) is 0 Å². The molecule has 0 heterocycles. The van der Waals surface area contributed by atoms with Crippen molar-refractivity contribution in [3.05, 3.63) is 7.43 Å². The second-order valence-corrected chi connectivity index (χ2v) is 7.95. The van der Waals surface area contributed by atoms with Crippen molar-refractivity contribution < 1.29 is 14.7 Å². The van der Waals surface area contributed by atoms with E-state index < -0.39 is 14.7 Å². The minimum absolute atomic E-state index is 0. The van der Waals surface area contributed by atoms with E-state index in [1.54, 1.807) is 0 Å². The first-order valence-corrected chi connectivity index (χ1v) is 7.01. The van der Waals surface area contributed by atoms with Gasteiger partial charge in [-0.3, -0.25) is 0 Å². The zero-order valence-corrected chi connectivity index (χ0v) is 7.69. The zero-order valence-electron chi connectivity index (χ0n) is 3.04. The molecule has 0 aromatic rings. The Morgan fingerprint density at radius 1 is 1.00 bits per heavy atom. The van der Waals surface area contributed by atoms with Gasteiger partial charge in [-0.05, 0) is 0 Å². The van der Waals surface area contributed by atoms with Gasteiger partial charge in [0.2, 0.25) is 0 Å². The Bertz CT molecular complexity index is 12.3. The second kappa shape index (κ2) is 9.98. The van der Waals surface area contributed by atoms with Crippen LogP contribution in [0, 0.1) is 7.43 Å². The quantitative estimate of drug-likeness (QED) is 0.422. The summed E-state index contributed by atoms with van der Waals surface area (Å²) in [6, 6.07) is 0. The Hall–Kier alpha value is 1.87. The minimum atomic E-state index is -1.92. The van der Waals surface area contributed by atoms with Gasteiger partial charge in [-0.15, -0.1) is 12.4 Å². The van der Waals surface area contributed by atoms with Gasteiger partial charge in [0.25, 0.3) is 0 Å². The van der Waals surface area contributed by atoms with E-state index in [1.165, 1.54) is 0 Å². The van der Waals surface area contributed by atoms with Crippen molar-refractivity contribution in [2.75, 3.05) is 0 Å². The first-order chi connectivity index (χ1) is 1.73. The molecule has 0 aromatic carbocycles. The van der Waals surface area contributed by atoms with Crippen molar-refractivity contribution in [2.45, 2.75) is 0 Å². The molecule has 0 amide bonds. The van der Waals surface area contributed by atoms with Crippen LogP contribution >= 0.6 is 40.3 Å². The summed E-state index contributed by atoms with van der Waals surface area (Å²) in [4.78, 5) is 0. The maximum absolute atomic E-state index is 4.97. The fourth-order valence-electron chi connectivity index (χ4n) is 0. The summed E-state index contributed by atoms with van der Waals surface area (Å²) >= 11 is -1.92. The average Bonchev–Trinajstić information content (AvgIpc) is 0.811. The van der Waals surface area contributed by atoms with Gasteiger partial charge in [0, 0.05) is 0 Å². The summed E-state index contributed by atoms with van der Waals surface area (Å²) in [5.41, 5.74) is 0. The molecule has 0 aromatic heterocycles. The number of hydrogen-bond acceptors (Lipinski definition) is 0. The predicted molar refractivity (Wildman–Crippen MR) is 31.2 cm³/mol. The molecule has 0 saturated heterocycles. The standard InChI is InChI=1S/CH3.4ClH.Ti/h1H3;4*1H;/q-1;;;;;+4/p-3. The van der Waals surface area contributed by atoms with E-state index in [0.29, 0.717) is 0 Å². The van der Waals surface area contributed by atoms with Crippen LogP contribution in [0.15, 0.2) is 0 Å². The van der Waals surface area contributed by atoms with Crippen LogP contribution in [-0.2, 0) is 14.7 Å². The molecule has 0 nitrogen and oxygen atoms in total. The van der Waals surface area contributed by atoms with Gasteiger partial charge in [-0.25, -0.2) is 0 Å². The normalized spacial score (nSPS) is 4.50. The van der Waals surface area contributed by atoms with Crippen LogP contribution in [0.2, 0.25) is 0 Å². The molecule has 0 aliphatic heterocycles. The summed E-state index contributed by atoms with van der Waals surface area (Å²) in [5, 5.41) is 0. The molecule has 0 rings (SSSR count). The molecule has 0 spiro atoms. The third-order valence-corrected chi connectivity index (χ3v) is 0. The van der Waals surface area contributed by atoms with Crippen molar-refractivity contribution in [2.24, 2.45) is 0 Å². The Labute approximate surface area is 62.0 Å². The van der Waals surface area contributed by atoms with E-state index in [-0.39, 0.29) is 19.8 Å². The first kappa shape index (κ1) is 15.7. The van der Waals surface area contributed by atoms with Crippen molar-refractivity contribution in [3.63, 3.8) is 0 Å². The Balaban J connectivity index is -0.0000000450. The first-order valence-electron chi connectivity index (χ1n) is 0.567. The van der Waals surface area contributed by atoms with E-state index in [2.05, 4.69) is 0 Å². The maximum atomic E-state index is 4.97. The van der Waals surface area contributed by atoms with Crippen molar-refractivity contribution in [1.82, 2.24) is 0 Å². The molecule has 40 valence electrons. The zero-order chi connectivity index (χ0) is 3.58. The summed E-state index contributed by atoms with van der Waals surface area (Å²) in [6.45, 7) is 0. The van der Waals surface area contributed by atoms with Gasteiger partial charge in [0.15, 0.2) is 0 Å². The van der Waals surface area contributed by atoms with Gasteiger partial charge in [0.1, 0.15) is 0 Å². The molecule has 0 bridgehead atoms. The summed E-state index contributed by atoms with van der Waals surface area (Å²) < 4.78 is 0. The third-order valence-electron chi connectivity index (χ3n) is 0. The third kappa shape index (κ3) is 39.7. The molecule has 0 atom stereocenters. The van der Waals surface area contributed by atoms with Crippen LogP contribution in [0.25, 0.3) is 0 Å². The van der Waals surface area contributed by atoms with E-state index in [1.807, 2.05) is 0 Å². The number of hydrogen-bond donors (Lipinski definition) is 0. The SMILES string of the molecule is Cl.[CH3-].[Cl][Ti+]([Cl])[Cl]. The molecule has 0 unspecified atom stereocenters. The molecule has 6 heavy (non-hydrogen) atoms. The van der Waals surface area contributed by atoms with E-state index in [4.69, 9.17) is 27.9 Å². The van der Waals surface area contributed by atoms with Gasteiger partial charge in [-0.2, -0.15) is 0 Å². The van der Waals surface area contributed by atoms with Crippen LogP contribution in [-0.4, -0.2) is 0 Å². The van der Waals surface area contributed by atoms with E-state index >= 15 is 0 Å². The summed E-state index contributed by atoms with van der Waals surface area (Å²) in [6.07, 6.45) is 0. The summed E-state index contributed by atoms with van der Waals surface area (Å²) in [7, 11) is 14.9. The van der Waals surface area contributed by atoms with E-state index in [9.17, 15) is 0 Å². The average molecular weight is 206 g/mol. The molecule has 0 fully saturated rings.